The molecule has 2 aliphatic heterocycles. The predicted octanol–water partition coefficient (Wildman–Crippen LogP) is 2.50. The maximum Gasteiger partial charge on any atom is 0.324 e. The molecule has 0 radical (unpaired) electrons. The number of fused-ring (bicyclic) bond motifs is 1. The molecule has 0 saturated carbocycles. The van der Waals surface area contributed by atoms with Crippen molar-refractivity contribution in [1.29, 1.82) is 0 Å². The van der Waals surface area contributed by atoms with Crippen molar-refractivity contribution in [3.8, 4) is 0 Å². The highest BCUT2D eigenvalue weighted by atomic mass is 32.2. The molecule has 1 aromatic heterocycles. The van der Waals surface area contributed by atoms with Crippen LogP contribution in [0.1, 0.15) is 19.3 Å². The minimum Gasteiger partial charge on any atom is -0.376 e. The molecular weight excluding hydrogens is 374 g/mol. The summed E-state index contributed by atoms with van der Waals surface area (Å²) in [5.74, 6) is 0.154. The summed E-state index contributed by atoms with van der Waals surface area (Å²) in [4.78, 5) is 19.0. The number of thiazole rings is 1. The molecule has 2 aromatic rings. The lowest BCUT2D eigenvalue weighted by Gasteiger charge is -2.30. The van der Waals surface area contributed by atoms with E-state index in [-0.39, 0.29) is 29.7 Å². The molecule has 0 spiro atoms. The molecule has 26 heavy (non-hydrogen) atoms. The summed E-state index contributed by atoms with van der Waals surface area (Å²) in [6.45, 7) is 1.11. The molecule has 2 saturated heterocycles. The van der Waals surface area contributed by atoms with Crippen LogP contribution in [0.3, 0.4) is 0 Å². The van der Waals surface area contributed by atoms with Crippen LogP contribution in [0.15, 0.2) is 24.3 Å². The van der Waals surface area contributed by atoms with Crippen LogP contribution < -0.4 is 5.32 Å². The van der Waals surface area contributed by atoms with Gasteiger partial charge in [-0.1, -0.05) is 23.5 Å². The van der Waals surface area contributed by atoms with E-state index < -0.39 is 9.84 Å². The zero-order valence-corrected chi connectivity index (χ0v) is 15.9. The first-order valence-corrected chi connectivity index (χ1v) is 11.4. The molecule has 3 heterocycles. The van der Waals surface area contributed by atoms with Crippen LogP contribution in [-0.2, 0) is 14.6 Å². The second kappa shape index (κ2) is 7.13. The van der Waals surface area contributed by atoms with Crippen LogP contribution in [0.2, 0.25) is 0 Å². The highest BCUT2D eigenvalue weighted by Gasteiger charge is 2.36. The molecule has 1 N–H and O–H groups in total. The maximum absolute atomic E-state index is 12.9. The summed E-state index contributed by atoms with van der Waals surface area (Å²) >= 11 is 1.41. The summed E-state index contributed by atoms with van der Waals surface area (Å²) in [6.07, 6.45) is 2.31. The van der Waals surface area contributed by atoms with Gasteiger partial charge in [0.15, 0.2) is 15.0 Å². The number of nitrogens with one attached hydrogen (secondary N) is 1. The Morgan fingerprint density at radius 3 is 2.88 bits per heavy atom. The SMILES string of the molecule is O=C(Nc1nc2ccccc2s1)N(C[C@H]1CCCO1)[C@@H]1CCS(=O)(=O)C1. The van der Waals surface area contributed by atoms with E-state index in [1.807, 2.05) is 24.3 Å². The van der Waals surface area contributed by atoms with Crippen molar-refractivity contribution in [2.45, 2.75) is 31.4 Å². The van der Waals surface area contributed by atoms with Gasteiger partial charge in [0.2, 0.25) is 0 Å². The number of hydrogen-bond donors (Lipinski definition) is 1. The van der Waals surface area contributed by atoms with E-state index in [2.05, 4.69) is 10.3 Å². The zero-order chi connectivity index (χ0) is 18.1. The summed E-state index contributed by atoms with van der Waals surface area (Å²) < 4.78 is 30.4. The van der Waals surface area contributed by atoms with Crippen LogP contribution in [0.4, 0.5) is 9.93 Å². The largest absolute Gasteiger partial charge is 0.376 e. The van der Waals surface area contributed by atoms with Crippen molar-refractivity contribution < 1.29 is 17.9 Å². The number of sulfone groups is 1. The molecule has 1 aromatic carbocycles. The molecular formula is C17H21N3O4S2. The smallest absolute Gasteiger partial charge is 0.324 e. The third kappa shape index (κ3) is 3.84. The van der Waals surface area contributed by atoms with E-state index in [0.717, 1.165) is 23.1 Å². The number of anilines is 1. The highest BCUT2D eigenvalue weighted by Crippen LogP contribution is 2.27. The summed E-state index contributed by atoms with van der Waals surface area (Å²) in [7, 11) is -3.08. The lowest BCUT2D eigenvalue weighted by atomic mass is 10.2. The van der Waals surface area contributed by atoms with E-state index in [1.165, 1.54) is 11.3 Å². The number of ether oxygens (including phenoxy) is 1. The fraction of sp³-hybridized carbons (Fsp3) is 0.529. The van der Waals surface area contributed by atoms with Gasteiger partial charge in [-0.2, -0.15) is 0 Å². The standard InChI is InChI=1S/C17H21N3O4S2/c21-17(19-16-18-14-5-1-2-6-15(14)25-16)20(10-13-4-3-8-24-13)12-7-9-26(22,23)11-12/h1-2,5-6,12-13H,3-4,7-11H2,(H,18,19,21)/t12-,13-/m1/s1. The Bertz CT molecular complexity index is 873. The molecule has 0 bridgehead atoms. The van der Waals surface area contributed by atoms with Crippen LogP contribution in [-0.4, -0.2) is 61.1 Å². The van der Waals surface area contributed by atoms with Crippen molar-refractivity contribution in [3.05, 3.63) is 24.3 Å². The number of hydrogen-bond acceptors (Lipinski definition) is 6. The topological polar surface area (TPSA) is 88.6 Å². The number of amides is 2. The predicted molar refractivity (Wildman–Crippen MR) is 101 cm³/mol. The first kappa shape index (κ1) is 17.7. The van der Waals surface area contributed by atoms with Gasteiger partial charge in [-0.3, -0.25) is 5.32 Å². The van der Waals surface area contributed by atoms with Crippen molar-refractivity contribution in [1.82, 2.24) is 9.88 Å². The molecule has 4 rings (SSSR count). The number of urea groups is 1. The lowest BCUT2D eigenvalue weighted by Crippen LogP contribution is -2.47. The second-order valence-electron chi connectivity index (χ2n) is 6.76. The Kier molecular flexibility index (Phi) is 4.85. The Morgan fingerprint density at radius 1 is 1.35 bits per heavy atom. The number of nitrogens with zero attached hydrogens (tertiary/aromatic N) is 2. The Labute approximate surface area is 156 Å². The molecule has 2 aliphatic rings. The summed E-state index contributed by atoms with van der Waals surface area (Å²) in [5, 5.41) is 3.38. The monoisotopic (exact) mass is 395 g/mol. The van der Waals surface area contributed by atoms with Crippen LogP contribution >= 0.6 is 11.3 Å². The number of carbonyl (C=O) groups excluding carboxylic acids is 1. The minimum absolute atomic E-state index is 0.0208. The van der Waals surface area contributed by atoms with Gasteiger partial charge in [0, 0.05) is 19.2 Å². The molecule has 0 aliphatic carbocycles. The van der Waals surface area contributed by atoms with Crippen LogP contribution in [0, 0.1) is 0 Å². The van der Waals surface area contributed by atoms with E-state index in [0.29, 0.717) is 24.7 Å². The minimum atomic E-state index is -3.08. The van der Waals surface area contributed by atoms with Gasteiger partial charge in [-0.05, 0) is 31.4 Å². The van der Waals surface area contributed by atoms with Gasteiger partial charge < -0.3 is 9.64 Å². The maximum atomic E-state index is 12.9. The Hall–Kier alpha value is -1.71. The lowest BCUT2D eigenvalue weighted by molar-refractivity contribution is 0.0751. The van der Waals surface area contributed by atoms with E-state index in [4.69, 9.17) is 4.74 Å². The third-order valence-electron chi connectivity index (χ3n) is 4.84. The molecule has 0 unspecified atom stereocenters. The third-order valence-corrected chi connectivity index (χ3v) is 7.54. The number of para-hydroxylation sites is 1. The number of benzene rings is 1. The van der Waals surface area contributed by atoms with Gasteiger partial charge in [0.25, 0.3) is 0 Å². The summed E-state index contributed by atoms with van der Waals surface area (Å²) in [6, 6.07) is 7.08. The normalized spacial score (nSPS) is 24.8. The first-order valence-electron chi connectivity index (χ1n) is 8.75. The van der Waals surface area contributed by atoms with Crippen molar-refractivity contribution in [3.63, 3.8) is 0 Å². The van der Waals surface area contributed by atoms with Crippen molar-refractivity contribution in [2.24, 2.45) is 0 Å². The van der Waals surface area contributed by atoms with Gasteiger partial charge in [-0.25, -0.2) is 18.2 Å². The molecule has 140 valence electrons. The van der Waals surface area contributed by atoms with E-state index in [1.54, 1.807) is 4.90 Å². The molecule has 2 fully saturated rings. The van der Waals surface area contributed by atoms with Gasteiger partial charge in [0.05, 0.1) is 27.8 Å². The molecule has 9 heteroatoms. The van der Waals surface area contributed by atoms with Crippen molar-refractivity contribution >= 4 is 42.6 Å². The average molecular weight is 396 g/mol. The van der Waals surface area contributed by atoms with Gasteiger partial charge >= 0.3 is 6.03 Å². The van der Waals surface area contributed by atoms with Crippen LogP contribution in [0.25, 0.3) is 10.2 Å². The second-order valence-corrected chi connectivity index (χ2v) is 10.0. The van der Waals surface area contributed by atoms with Crippen LogP contribution in [0.5, 0.6) is 0 Å². The zero-order valence-electron chi connectivity index (χ0n) is 14.3. The molecule has 2 amide bonds. The van der Waals surface area contributed by atoms with E-state index >= 15 is 0 Å². The Morgan fingerprint density at radius 2 is 2.19 bits per heavy atom. The van der Waals surface area contributed by atoms with Gasteiger partial charge in [-0.15, -0.1) is 0 Å². The fourth-order valence-electron chi connectivity index (χ4n) is 3.52. The molecule has 2 atom stereocenters. The highest BCUT2D eigenvalue weighted by molar-refractivity contribution is 7.91. The first-order chi connectivity index (χ1) is 12.5. The fourth-order valence-corrected chi connectivity index (χ4v) is 6.10. The quantitative estimate of drug-likeness (QED) is 0.859. The Balaban J connectivity index is 1.52. The number of aromatic nitrogens is 1. The van der Waals surface area contributed by atoms with E-state index in [9.17, 15) is 13.2 Å². The number of carbonyl (C=O) groups is 1. The van der Waals surface area contributed by atoms with Gasteiger partial charge in [0.1, 0.15) is 0 Å². The molecule has 7 nitrogen and oxygen atoms in total. The number of rotatable bonds is 4. The van der Waals surface area contributed by atoms with Crippen molar-refractivity contribution in [2.75, 3.05) is 30.0 Å². The summed E-state index contributed by atoms with van der Waals surface area (Å²) in [5.41, 5.74) is 0.835. The average Bonchev–Trinajstić information content (AvgIpc) is 3.31.